The molecule has 1 aromatic carbocycles. The van der Waals surface area contributed by atoms with Crippen LogP contribution in [0.1, 0.15) is 24.5 Å². The van der Waals surface area contributed by atoms with Crippen LogP contribution in [0, 0.1) is 0 Å². The predicted octanol–water partition coefficient (Wildman–Crippen LogP) is 2.53. The number of hydrogen-bond donors (Lipinski definition) is 2. The number of sulfonamides is 1. The molecule has 1 aromatic heterocycles. The maximum Gasteiger partial charge on any atom is 0.263 e. The van der Waals surface area contributed by atoms with Crippen LogP contribution in [0.3, 0.4) is 0 Å². The van der Waals surface area contributed by atoms with Crippen molar-refractivity contribution in [3.8, 4) is 5.75 Å². The van der Waals surface area contributed by atoms with Gasteiger partial charge in [-0.25, -0.2) is 13.4 Å². The SMILES string of the molecule is O=S(=O)(Nc1nc(C2CC2)cs1)c1ccc(O)cc1. The van der Waals surface area contributed by atoms with Gasteiger partial charge in [-0.3, -0.25) is 4.72 Å². The molecule has 7 heteroatoms. The fourth-order valence-electron chi connectivity index (χ4n) is 1.70. The molecule has 3 rings (SSSR count). The Bertz CT molecular complexity index is 688. The summed E-state index contributed by atoms with van der Waals surface area (Å²) in [4.78, 5) is 4.38. The molecule has 0 atom stereocenters. The first-order valence-electron chi connectivity index (χ1n) is 5.82. The highest BCUT2D eigenvalue weighted by Gasteiger charge is 2.26. The van der Waals surface area contributed by atoms with Gasteiger partial charge in [-0.2, -0.15) is 0 Å². The molecule has 0 unspecified atom stereocenters. The maximum absolute atomic E-state index is 12.1. The lowest BCUT2D eigenvalue weighted by molar-refractivity contribution is 0.475. The second-order valence-electron chi connectivity index (χ2n) is 4.45. The number of phenols is 1. The zero-order valence-corrected chi connectivity index (χ0v) is 11.5. The molecule has 1 heterocycles. The van der Waals surface area contributed by atoms with E-state index in [2.05, 4.69) is 9.71 Å². The standard InChI is InChI=1S/C12H12N2O3S2/c15-9-3-5-10(6-4-9)19(16,17)14-12-13-11(7-18-12)8-1-2-8/h3-8,15H,1-2H2,(H,13,14). The number of benzene rings is 1. The van der Waals surface area contributed by atoms with E-state index in [4.69, 9.17) is 5.11 Å². The summed E-state index contributed by atoms with van der Waals surface area (Å²) in [5, 5.41) is 11.4. The van der Waals surface area contributed by atoms with E-state index in [0.29, 0.717) is 11.0 Å². The quantitative estimate of drug-likeness (QED) is 0.908. The van der Waals surface area contributed by atoms with Gasteiger partial charge < -0.3 is 5.11 Å². The van der Waals surface area contributed by atoms with Crippen LogP contribution in [0.2, 0.25) is 0 Å². The molecule has 1 fully saturated rings. The average Bonchev–Trinajstić information content (AvgIpc) is 3.11. The van der Waals surface area contributed by atoms with E-state index in [9.17, 15) is 8.42 Å². The van der Waals surface area contributed by atoms with Gasteiger partial charge in [0.2, 0.25) is 0 Å². The largest absolute Gasteiger partial charge is 0.508 e. The molecule has 0 saturated heterocycles. The van der Waals surface area contributed by atoms with Crippen LogP contribution in [-0.2, 0) is 10.0 Å². The summed E-state index contributed by atoms with van der Waals surface area (Å²) in [6.45, 7) is 0. The number of nitrogens with zero attached hydrogens (tertiary/aromatic N) is 1. The molecule has 0 spiro atoms. The summed E-state index contributed by atoms with van der Waals surface area (Å²) >= 11 is 1.29. The van der Waals surface area contributed by atoms with Crippen molar-refractivity contribution >= 4 is 26.5 Å². The number of hydrogen-bond acceptors (Lipinski definition) is 5. The Hall–Kier alpha value is -1.60. The molecular formula is C12H12N2O3S2. The molecular weight excluding hydrogens is 284 g/mol. The van der Waals surface area contributed by atoms with Crippen molar-refractivity contribution < 1.29 is 13.5 Å². The van der Waals surface area contributed by atoms with Crippen LogP contribution < -0.4 is 4.72 Å². The number of thiazole rings is 1. The summed E-state index contributed by atoms with van der Waals surface area (Å²) in [6.07, 6.45) is 2.27. The number of aromatic hydroxyl groups is 1. The Morgan fingerprint density at radius 3 is 2.58 bits per heavy atom. The second-order valence-corrected chi connectivity index (χ2v) is 6.99. The van der Waals surface area contributed by atoms with E-state index < -0.39 is 10.0 Å². The van der Waals surface area contributed by atoms with E-state index in [1.165, 1.54) is 35.6 Å². The molecule has 2 aromatic rings. The number of rotatable bonds is 4. The van der Waals surface area contributed by atoms with E-state index in [1.54, 1.807) is 0 Å². The molecule has 0 bridgehead atoms. The highest BCUT2D eigenvalue weighted by molar-refractivity contribution is 7.93. The monoisotopic (exact) mass is 296 g/mol. The van der Waals surface area contributed by atoms with Gasteiger partial charge >= 0.3 is 0 Å². The van der Waals surface area contributed by atoms with Gasteiger partial charge in [0.1, 0.15) is 5.75 Å². The third kappa shape index (κ3) is 2.71. The molecule has 1 saturated carbocycles. The first-order chi connectivity index (χ1) is 9.04. The first-order valence-corrected chi connectivity index (χ1v) is 8.18. The van der Waals surface area contributed by atoms with Gasteiger partial charge in [0.05, 0.1) is 10.6 Å². The minimum atomic E-state index is -3.64. The smallest absolute Gasteiger partial charge is 0.263 e. The topological polar surface area (TPSA) is 79.3 Å². The molecule has 19 heavy (non-hydrogen) atoms. The lowest BCUT2D eigenvalue weighted by atomic mass is 10.3. The van der Waals surface area contributed by atoms with Crippen LogP contribution >= 0.6 is 11.3 Å². The third-order valence-electron chi connectivity index (χ3n) is 2.89. The van der Waals surface area contributed by atoms with E-state index in [-0.39, 0.29) is 10.6 Å². The number of phenolic OH excluding ortho intramolecular Hbond substituents is 1. The number of anilines is 1. The fraction of sp³-hybridized carbons (Fsp3) is 0.250. The molecule has 1 aliphatic carbocycles. The summed E-state index contributed by atoms with van der Waals surface area (Å²) in [5.74, 6) is 0.535. The molecule has 5 nitrogen and oxygen atoms in total. The Labute approximate surface area is 115 Å². The Kier molecular flexibility index (Phi) is 2.94. The van der Waals surface area contributed by atoms with Crippen LogP contribution in [0.4, 0.5) is 5.13 Å². The zero-order valence-electron chi connectivity index (χ0n) is 9.91. The lowest BCUT2D eigenvalue weighted by Crippen LogP contribution is -2.12. The zero-order chi connectivity index (χ0) is 13.5. The molecule has 1 aliphatic rings. The van der Waals surface area contributed by atoms with Crippen molar-refractivity contribution in [2.75, 3.05) is 4.72 Å². The third-order valence-corrected chi connectivity index (χ3v) is 5.15. The van der Waals surface area contributed by atoms with E-state index in [1.807, 2.05) is 5.38 Å². The predicted molar refractivity (Wildman–Crippen MR) is 73.0 cm³/mol. The van der Waals surface area contributed by atoms with Crippen molar-refractivity contribution in [2.24, 2.45) is 0 Å². The van der Waals surface area contributed by atoms with Gasteiger partial charge in [0.25, 0.3) is 10.0 Å². The van der Waals surface area contributed by atoms with Gasteiger partial charge in [-0.15, -0.1) is 11.3 Å². The lowest BCUT2D eigenvalue weighted by Gasteiger charge is -2.04. The summed E-state index contributed by atoms with van der Waals surface area (Å²) < 4.78 is 26.6. The Morgan fingerprint density at radius 2 is 1.95 bits per heavy atom. The van der Waals surface area contributed by atoms with Crippen molar-refractivity contribution in [1.82, 2.24) is 4.98 Å². The average molecular weight is 296 g/mol. The van der Waals surface area contributed by atoms with Crippen LogP contribution in [-0.4, -0.2) is 18.5 Å². The van der Waals surface area contributed by atoms with Gasteiger partial charge in [-0.1, -0.05) is 0 Å². The summed E-state index contributed by atoms with van der Waals surface area (Å²) in [7, 11) is -3.64. The summed E-state index contributed by atoms with van der Waals surface area (Å²) in [5.41, 5.74) is 0.966. The van der Waals surface area contributed by atoms with Crippen LogP contribution in [0.15, 0.2) is 34.5 Å². The van der Waals surface area contributed by atoms with Gasteiger partial charge in [0.15, 0.2) is 5.13 Å². The molecule has 0 radical (unpaired) electrons. The van der Waals surface area contributed by atoms with E-state index in [0.717, 1.165) is 18.5 Å². The molecule has 2 N–H and O–H groups in total. The Balaban J connectivity index is 1.81. The maximum atomic E-state index is 12.1. The summed E-state index contributed by atoms with van der Waals surface area (Å²) in [6, 6.07) is 5.39. The minimum Gasteiger partial charge on any atom is -0.508 e. The fourth-order valence-corrected chi connectivity index (χ4v) is 3.74. The second kappa shape index (κ2) is 4.50. The highest BCUT2D eigenvalue weighted by Crippen LogP contribution is 2.41. The number of aromatic nitrogens is 1. The van der Waals surface area contributed by atoms with Gasteiger partial charge in [-0.05, 0) is 37.1 Å². The van der Waals surface area contributed by atoms with Crippen molar-refractivity contribution in [3.05, 3.63) is 35.3 Å². The first kappa shape index (κ1) is 12.4. The minimum absolute atomic E-state index is 0.0317. The molecule has 0 amide bonds. The highest BCUT2D eigenvalue weighted by atomic mass is 32.2. The number of nitrogens with one attached hydrogen (secondary N) is 1. The Morgan fingerprint density at radius 1 is 1.26 bits per heavy atom. The van der Waals surface area contributed by atoms with Crippen LogP contribution in [0.25, 0.3) is 0 Å². The van der Waals surface area contributed by atoms with Gasteiger partial charge in [0, 0.05) is 11.3 Å². The normalized spacial score (nSPS) is 15.4. The van der Waals surface area contributed by atoms with Crippen molar-refractivity contribution in [2.45, 2.75) is 23.7 Å². The molecule has 0 aliphatic heterocycles. The van der Waals surface area contributed by atoms with Crippen LogP contribution in [0.5, 0.6) is 5.75 Å². The van der Waals surface area contributed by atoms with Crippen molar-refractivity contribution in [1.29, 1.82) is 0 Å². The van der Waals surface area contributed by atoms with E-state index >= 15 is 0 Å². The van der Waals surface area contributed by atoms with Crippen molar-refractivity contribution in [3.63, 3.8) is 0 Å². The molecule has 100 valence electrons.